The van der Waals surface area contributed by atoms with E-state index in [1.165, 1.54) is 38.5 Å². The van der Waals surface area contributed by atoms with Crippen molar-refractivity contribution < 1.29 is 15.0 Å². The van der Waals surface area contributed by atoms with Gasteiger partial charge in [-0.1, -0.05) is 0 Å². The maximum Gasteiger partial charge on any atom is 0.323 e. The summed E-state index contributed by atoms with van der Waals surface area (Å²) in [5.41, 5.74) is 0.289. The molecule has 0 spiro atoms. The largest absolute Gasteiger partial charge is 0.480 e. The summed E-state index contributed by atoms with van der Waals surface area (Å²) in [5.74, 6) is 1.66. The summed E-state index contributed by atoms with van der Waals surface area (Å²) in [5, 5.41) is 21.4. The summed E-state index contributed by atoms with van der Waals surface area (Å²) in [6.45, 7) is 1.80. The maximum atomic E-state index is 11.1. The van der Waals surface area contributed by atoms with E-state index < -0.39 is 12.0 Å². The van der Waals surface area contributed by atoms with Crippen molar-refractivity contribution in [1.29, 1.82) is 0 Å². The highest BCUT2D eigenvalue weighted by Gasteiger charge is 2.53. The zero-order valence-electron chi connectivity index (χ0n) is 11.6. The first-order valence-electron chi connectivity index (χ1n) is 7.62. The Morgan fingerprint density at radius 3 is 2.05 bits per heavy atom. The molecule has 4 fully saturated rings. The van der Waals surface area contributed by atoms with Crippen LogP contribution in [0.1, 0.15) is 45.4 Å². The molecule has 0 heterocycles. The van der Waals surface area contributed by atoms with E-state index in [0.717, 1.165) is 17.8 Å². The van der Waals surface area contributed by atoms with E-state index in [-0.39, 0.29) is 18.1 Å². The molecule has 0 aromatic rings. The van der Waals surface area contributed by atoms with Gasteiger partial charge in [0.25, 0.3) is 0 Å². The molecule has 0 radical (unpaired) electrons. The van der Waals surface area contributed by atoms with Crippen LogP contribution in [0.3, 0.4) is 0 Å². The van der Waals surface area contributed by atoms with Crippen LogP contribution in [-0.2, 0) is 4.79 Å². The van der Waals surface area contributed by atoms with Gasteiger partial charge in [0.15, 0.2) is 0 Å². The average Bonchev–Trinajstić information content (AvgIpc) is 2.33. The zero-order valence-corrected chi connectivity index (χ0v) is 11.6. The highest BCUT2D eigenvalue weighted by Crippen LogP contribution is 2.61. The second-order valence-electron chi connectivity index (χ2n) is 7.24. The van der Waals surface area contributed by atoms with Crippen LogP contribution >= 0.6 is 0 Å². The third-order valence-corrected chi connectivity index (χ3v) is 5.94. The second-order valence-corrected chi connectivity index (χ2v) is 7.24. The lowest BCUT2D eigenvalue weighted by Crippen LogP contribution is -2.58. The Morgan fingerprint density at radius 2 is 1.68 bits per heavy atom. The summed E-state index contributed by atoms with van der Waals surface area (Å²) < 4.78 is 0. The number of carboxylic acid groups (broad SMARTS) is 1. The molecule has 4 saturated carbocycles. The molecule has 3 N–H and O–H groups in total. The molecule has 108 valence electrons. The first-order chi connectivity index (χ1) is 9.02. The van der Waals surface area contributed by atoms with Gasteiger partial charge in [-0.3, -0.25) is 10.1 Å². The molecule has 4 aliphatic carbocycles. The number of rotatable bonds is 5. The molecule has 2 atom stereocenters. The van der Waals surface area contributed by atoms with Gasteiger partial charge in [0.05, 0.1) is 6.61 Å². The number of aliphatic hydroxyl groups is 1. The van der Waals surface area contributed by atoms with Crippen molar-refractivity contribution in [2.24, 2.45) is 23.2 Å². The molecule has 19 heavy (non-hydrogen) atoms. The van der Waals surface area contributed by atoms with Crippen LogP contribution in [0.15, 0.2) is 0 Å². The topological polar surface area (TPSA) is 69.6 Å². The fourth-order valence-electron chi connectivity index (χ4n) is 5.39. The normalized spacial score (nSPS) is 43.2. The Kier molecular flexibility index (Phi) is 3.34. The lowest BCUT2D eigenvalue weighted by molar-refractivity contribution is -0.141. The van der Waals surface area contributed by atoms with E-state index >= 15 is 0 Å². The highest BCUT2D eigenvalue weighted by atomic mass is 16.4. The fraction of sp³-hybridized carbons (Fsp3) is 0.933. The van der Waals surface area contributed by atoms with Gasteiger partial charge in [0, 0.05) is 6.04 Å². The van der Waals surface area contributed by atoms with Gasteiger partial charge in [-0.15, -0.1) is 0 Å². The molecule has 0 aromatic heterocycles. The maximum absolute atomic E-state index is 11.1. The van der Waals surface area contributed by atoms with Crippen LogP contribution in [0.2, 0.25) is 0 Å². The molecule has 4 rings (SSSR count). The number of hydrogen-bond acceptors (Lipinski definition) is 3. The molecule has 0 aromatic carbocycles. The molecule has 2 unspecified atom stereocenters. The van der Waals surface area contributed by atoms with Gasteiger partial charge < -0.3 is 10.2 Å². The minimum atomic E-state index is -0.945. The van der Waals surface area contributed by atoms with E-state index in [4.69, 9.17) is 5.11 Å². The zero-order chi connectivity index (χ0) is 13.6. The van der Waals surface area contributed by atoms with Crippen LogP contribution in [0.5, 0.6) is 0 Å². The quantitative estimate of drug-likeness (QED) is 0.708. The molecule has 4 aliphatic rings. The van der Waals surface area contributed by atoms with Crippen LogP contribution in [0.4, 0.5) is 0 Å². The van der Waals surface area contributed by atoms with Gasteiger partial charge in [-0.2, -0.15) is 0 Å². The highest BCUT2D eigenvalue weighted by molar-refractivity contribution is 5.73. The van der Waals surface area contributed by atoms with Crippen molar-refractivity contribution in [3.8, 4) is 0 Å². The Hall–Kier alpha value is -0.610. The second kappa shape index (κ2) is 4.74. The molecular weight excluding hydrogens is 242 g/mol. The molecule has 0 aliphatic heterocycles. The van der Waals surface area contributed by atoms with Crippen molar-refractivity contribution in [3.05, 3.63) is 0 Å². The summed E-state index contributed by atoms with van der Waals surface area (Å²) in [4.78, 5) is 11.1. The predicted molar refractivity (Wildman–Crippen MR) is 71.7 cm³/mol. The van der Waals surface area contributed by atoms with Crippen LogP contribution in [-0.4, -0.2) is 34.9 Å². The number of carboxylic acids is 1. The number of hydrogen-bond donors (Lipinski definition) is 3. The molecule has 4 heteroatoms. The summed E-state index contributed by atoms with van der Waals surface area (Å²) >= 11 is 0. The summed E-state index contributed by atoms with van der Waals surface area (Å²) in [7, 11) is 0. The molecule has 0 saturated heterocycles. The van der Waals surface area contributed by atoms with Crippen LogP contribution in [0, 0.1) is 23.2 Å². The monoisotopic (exact) mass is 267 g/mol. The first kappa shape index (κ1) is 13.4. The van der Waals surface area contributed by atoms with Crippen molar-refractivity contribution in [1.82, 2.24) is 5.32 Å². The van der Waals surface area contributed by atoms with E-state index in [2.05, 4.69) is 12.2 Å². The molecular formula is C15H25NO3. The van der Waals surface area contributed by atoms with Crippen LogP contribution < -0.4 is 5.32 Å². The minimum Gasteiger partial charge on any atom is -0.480 e. The lowest BCUT2D eigenvalue weighted by atomic mass is 9.48. The Morgan fingerprint density at radius 1 is 1.21 bits per heavy atom. The Balaban J connectivity index is 1.72. The Labute approximate surface area is 114 Å². The fourth-order valence-corrected chi connectivity index (χ4v) is 5.39. The number of aliphatic carboxylic acids is 1. The number of aliphatic hydroxyl groups excluding tert-OH is 1. The van der Waals surface area contributed by atoms with Crippen molar-refractivity contribution in [2.45, 2.75) is 57.5 Å². The van der Waals surface area contributed by atoms with Gasteiger partial charge in [-0.05, 0) is 68.6 Å². The van der Waals surface area contributed by atoms with Crippen molar-refractivity contribution in [3.63, 3.8) is 0 Å². The van der Waals surface area contributed by atoms with E-state index in [1.807, 2.05) is 0 Å². The third-order valence-electron chi connectivity index (χ3n) is 5.94. The number of carbonyl (C=O) groups is 1. The van der Waals surface area contributed by atoms with Gasteiger partial charge in [0.2, 0.25) is 0 Å². The van der Waals surface area contributed by atoms with E-state index in [1.54, 1.807) is 0 Å². The molecule has 4 bridgehead atoms. The average molecular weight is 267 g/mol. The molecule has 0 amide bonds. The smallest absolute Gasteiger partial charge is 0.323 e. The van der Waals surface area contributed by atoms with E-state index in [9.17, 15) is 9.90 Å². The van der Waals surface area contributed by atoms with Gasteiger partial charge >= 0.3 is 5.97 Å². The standard InChI is InChI=1S/C15H25NO3/c1-9(16-13(8-17)14(18)19)15-5-10-2-11(6-15)4-12(3-10)7-15/h9-13,16-17H,2-8H2,1H3,(H,18,19). The third kappa shape index (κ3) is 2.29. The Bertz CT molecular complexity index is 333. The predicted octanol–water partition coefficient (Wildman–Crippen LogP) is 1.63. The lowest BCUT2D eigenvalue weighted by Gasteiger charge is -2.59. The van der Waals surface area contributed by atoms with Gasteiger partial charge in [0.1, 0.15) is 6.04 Å². The van der Waals surface area contributed by atoms with E-state index in [0.29, 0.717) is 0 Å². The number of nitrogens with one attached hydrogen (secondary N) is 1. The molecule has 4 nitrogen and oxygen atoms in total. The SMILES string of the molecule is CC(NC(CO)C(=O)O)C12CC3CC(CC(C3)C1)C2. The first-order valence-corrected chi connectivity index (χ1v) is 7.62. The summed E-state index contributed by atoms with van der Waals surface area (Å²) in [6, 6.07) is -0.628. The minimum absolute atomic E-state index is 0.189. The van der Waals surface area contributed by atoms with Crippen molar-refractivity contribution >= 4 is 5.97 Å². The summed E-state index contributed by atoms with van der Waals surface area (Å²) in [6.07, 6.45) is 7.96. The van der Waals surface area contributed by atoms with Gasteiger partial charge in [-0.25, -0.2) is 0 Å². The van der Waals surface area contributed by atoms with Crippen LogP contribution in [0.25, 0.3) is 0 Å². The van der Waals surface area contributed by atoms with Crippen molar-refractivity contribution in [2.75, 3.05) is 6.61 Å².